The number of fused-ring (bicyclic) bond motifs is 2. The Morgan fingerprint density at radius 3 is 2.91 bits per heavy atom. The van der Waals surface area contributed by atoms with Gasteiger partial charge < -0.3 is 14.5 Å². The fraction of sp³-hybridized carbons (Fsp3) is 0.706. The minimum atomic E-state index is -0.00733. The summed E-state index contributed by atoms with van der Waals surface area (Å²) >= 11 is 0. The van der Waals surface area contributed by atoms with Crippen LogP contribution in [-0.2, 0) is 16.1 Å². The molecule has 1 amide bonds. The van der Waals surface area contributed by atoms with Crippen LogP contribution in [0.1, 0.15) is 31.8 Å². The number of amides is 1. The average molecular weight is 306 g/mol. The van der Waals surface area contributed by atoms with Crippen molar-refractivity contribution in [2.45, 2.75) is 45.9 Å². The summed E-state index contributed by atoms with van der Waals surface area (Å²) in [5.74, 6) is 2.55. The molecule has 3 atom stereocenters. The van der Waals surface area contributed by atoms with Crippen LogP contribution < -0.4 is 5.32 Å². The van der Waals surface area contributed by atoms with Gasteiger partial charge in [-0.1, -0.05) is 13.8 Å². The Morgan fingerprint density at radius 1 is 1.41 bits per heavy atom. The molecule has 2 aliphatic heterocycles. The zero-order valence-electron chi connectivity index (χ0n) is 13.7. The zero-order chi connectivity index (χ0) is 15.7. The Bertz CT molecular complexity index is 526. The van der Waals surface area contributed by atoms with Gasteiger partial charge in [-0.05, 0) is 31.4 Å². The molecule has 0 unspecified atom stereocenters. The number of nitrogens with one attached hydrogen (secondary N) is 1. The monoisotopic (exact) mass is 306 g/mol. The SMILES string of the molecule is Cc1ccc(CN2C[C@@H]3C[C@H](C(=O)NCC(C)C)[C@@H](C2)O3)o1. The summed E-state index contributed by atoms with van der Waals surface area (Å²) in [6.07, 6.45) is 1.02. The second-order valence-electron chi connectivity index (χ2n) is 6.98. The van der Waals surface area contributed by atoms with Crippen molar-refractivity contribution >= 4 is 5.91 Å². The molecule has 2 bridgehead atoms. The summed E-state index contributed by atoms with van der Waals surface area (Å²) in [7, 11) is 0. The van der Waals surface area contributed by atoms with Crippen molar-refractivity contribution in [2.24, 2.45) is 11.8 Å². The highest BCUT2D eigenvalue weighted by Crippen LogP contribution is 2.32. The number of hydrogen-bond acceptors (Lipinski definition) is 4. The third-order valence-electron chi connectivity index (χ3n) is 4.43. The molecule has 3 heterocycles. The Kier molecular flexibility index (Phi) is 4.54. The molecule has 1 aromatic heterocycles. The van der Waals surface area contributed by atoms with E-state index >= 15 is 0 Å². The molecule has 0 aliphatic carbocycles. The van der Waals surface area contributed by atoms with Gasteiger partial charge in [0.15, 0.2) is 0 Å². The standard InChI is InChI=1S/C17H26N2O3/c1-11(2)7-18-17(20)15-6-14-9-19(10-16(15)22-14)8-13-5-4-12(3)21-13/h4-5,11,14-16H,6-10H2,1-3H3,(H,18,20)/t14-,15-,16+/m0/s1. The molecule has 2 fully saturated rings. The molecule has 22 heavy (non-hydrogen) atoms. The van der Waals surface area contributed by atoms with Crippen molar-refractivity contribution in [3.63, 3.8) is 0 Å². The molecular weight excluding hydrogens is 280 g/mol. The first-order valence-corrected chi connectivity index (χ1v) is 8.22. The van der Waals surface area contributed by atoms with E-state index in [0.717, 1.165) is 44.1 Å². The van der Waals surface area contributed by atoms with Gasteiger partial charge in [-0.15, -0.1) is 0 Å². The van der Waals surface area contributed by atoms with Crippen LogP contribution in [0.25, 0.3) is 0 Å². The maximum atomic E-state index is 12.3. The van der Waals surface area contributed by atoms with Crippen molar-refractivity contribution in [3.8, 4) is 0 Å². The number of aryl methyl sites for hydroxylation is 1. The van der Waals surface area contributed by atoms with Crippen LogP contribution in [0, 0.1) is 18.8 Å². The van der Waals surface area contributed by atoms with Gasteiger partial charge in [-0.25, -0.2) is 0 Å². The number of morpholine rings is 1. The number of carbonyl (C=O) groups is 1. The Labute approximate surface area is 132 Å². The molecule has 0 spiro atoms. The second-order valence-corrected chi connectivity index (χ2v) is 6.98. The molecule has 122 valence electrons. The summed E-state index contributed by atoms with van der Waals surface area (Å²) in [6, 6.07) is 4.02. The van der Waals surface area contributed by atoms with Crippen LogP contribution >= 0.6 is 0 Å². The maximum Gasteiger partial charge on any atom is 0.225 e. The molecule has 0 aromatic carbocycles. The van der Waals surface area contributed by atoms with Crippen LogP contribution in [0.5, 0.6) is 0 Å². The smallest absolute Gasteiger partial charge is 0.225 e. The summed E-state index contributed by atoms with van der Waals surface area (Å²) in [6.45, 7) is 9.39. The van der Waals surface area contributed by atoms with Crippen molar-refractivity contribution in [1.29, 1.82) is 0 Å². The predicted molar refractivity (Wildman–Crippen MR) is 83.3 cm³/mol. The van der Waals surface area contributed by atoms with Crippen molar-refractivity contribution in [3.05, 3.63) is 23.7 Å². The first kappa shape index (κ1) is 15.6. The largest absolute Gasteiger partial charge is 0.465 e. The molecule has 3 rings (SSSR count). The summed E-state index contributed by atoms with van der Waals surface area (Å²) in [4.78, 5) is 14.7. The van der Waals surface area contributed by atoms with Gasteiger partial charge in [0.1, 0.15) is 11.5 Å². The minimum Gasteiger partial charge on any atom is -0.465 e. The van der Waals surface area contributed by atoms with E-state index in [0.29, 0.717) is 5.92 Å². The number of carbonyl (C=O) groups excluding carboxylic acids is 1. The summed E-state index contributed by atoms with van der Waals surface area (Å²) in [5, 5.41) is 3.05. The molecule has 5 heteroatoms. The van der Waals surface area contributed by atoms with Gasteiger partial charge in [0.05, 0.1) is 24.7 Å². The molecule has 2 saturated heterocycles. The molecule has 0 radical (unpaired) electrons. The van der Waals surface area contributed by atoms with Gasteiger partial charge in [-0.3, -0.25) is 9.69 Å². The highest BCUT2D eigenvalue weighted by atomic mass is 16.5. The van der Waals surface area contributed by atoms with E-state index in [9.17, 15) is 4.79 Å². The molecule has 2 aliphatic rings. The van der Waals surface area contributed by atoms with Crippen LogP contribution in [-0.4, -0.2) is 42.6 Å². The van der Waals surface area contributed by atoms with Crippen LogP contribution in [0.4, 0.5) is 0 Å². The minimum absolute atomic E-state index is 0.00733. The van der Waals surface area contributed by atoms with E-state index < -0.39 is 0 Å². The van der Waals surface area contributed by atoms with E-state index in [-0.39, 0.29) is 24.0 Å². The Hall–Kier alpha value is -1.33. The van der Waals surface area contributed by atoms with Crippen LogP contribution in [0.3, 0.4) is 0 Å². The van der Waals surface area contributed by atoms with E-state index in [1.807, 2.05) is 19.1 Å². The van der Waals surface area contributed by atoms with E-state index in [1.165, 1.54) is 0 Å². The van der Waals surface area contributed by atoms with Gasteiger partial charge in [0.2, 0.25) is 5.91 Å². The average Bonchev–Trinajstić information content (AvgIpc) is 2.99. The lowest BCUT2D eigenvalue weighted by atomic mass is 9.99. The number of likely N-dealkylation sites (tertiary alicyclic amines) is 1. The lowest BCUT2D eigenvalue weighted by Crippen LogP contribution is -2.45. The number of rotatable bonds is 5. The summed E-state index contributed by atoms with van der Waals surface area (Å²) in [5.41, 5.74) is 0. The summed E-state index contributed by atoms with van der Waals surface area (Å²) < 4.78 is 11.6. The van der Waals surface area contributed by atoms with Gasteiger partial charge >= 0.3 is 0 Å². The number of ether oxygens (including phenoxy) is 1. The Balaban J connectivity index is 1.56. The predicted octanol–water partition coefficient (Wildman–Crippen LogP) is 1.95. The lowest BCUT2D eigenvalue weighted by molar-refractivity contribution is -0.128. The molecular formula is C17H26N2O3. The van der Waals surface area contributed by atoms with Gasteiger partial charge in [0.25, 0.3) is 0 Å². The fourth-order valence-electron chi connectivity index (χ4n) is 3.37. The zero-order valence-corrected chi connectivity index (χ0v) is 13.7. The number of furan rings is 1. The topological polar surface area (TPSA) is 54.7 Å². The molecule has 0 saturated carbocycles. The lowest BCUT2D eigenvalue weighted by Gasteiger charge is -2.32. The first-order valence-electron chi connectivity index (χ1n) is 8.22. The second kappa shape index (κ2) is 6.42. The number of hydrogen-bond donors (Lipinski definition) is 1. The number of nitrogens with zero attached hydrogens (tertiary/aromatic N) is 1. The molecule has 1 aromatic rings. The van der Waals surface area contributed by atoms with Crippen molar-refractivity contribution in [2.75, 3.05) is 19.6 Å². The fourth-order valence-corrected chi connectivity index (χ4v) is 3.37. The van der Waals surface area contributed by atoms with Crippen LogP contribution in [0.15, 0.2) is 16.5 Å². The van der Waals surface area contributed by atoms with Crippen LogP contribution in [0.2, 0.25) is 0 Å². The highest BCUT2D eigenvalue weighted by molar-refractivity contribution is 5.79. The third-order valence-corrected chi connectivity index (χ3v) is 4.43. The third kappa shape index (κ3) is 3.52. The van der Waals surface area contributed by atoms with E-state index in [4.69, 9.17) is 9.15 Å². The van der Waals surface area contributed by atoms with Crippen molar-refractivity contribution in [1.82, 2.24) is 10.2 Å². The van der Waals surface area contributed by atoms with Gasteiger partial charge in [-0.2, -0.15) is 0 Å². The van der Waals surface area contributed by atoms with E-state index in [1.54, 1.807) is 0 Å². The maximum absolute atomic E-state index is 12.3. The highest BCUT2D eigenvalue weighted by Gasteiger charge is 2.44. The Morgan fingerprint density at radius 2 is 2.23 bits per heavy atom. The first-order chi connectivity index (χ1) is 10.5. The molecule has 5 nitrogen and oxygen atoms in total. The molecule has 1 N–H and O–H groups in total. The van der Waals surface area contributed by atoms with Crippen molar-refractivity contribution < 1.29 is 13.9 Å². The van der Waals surface area contributed by atoms with Gasteiger partial charge in [0, 0.05) is 19.6 Å². The normalized spacial score (nSPS) is 28.3. The van der Waals surface area contributed by atoms with E-state index in [2.05, 4.69) is 24.1 Å². The quantitative estimate of drug-likeness (QED) is 0.903.